The van der Waals surface area contributed by atoms with Crippen molar-refractivity contribution in [2.24, 2.45) is 5.84 Å². The number of anilines is 1. The van der Waals surface area contributed by atoms with Gasteiger partial charge in [0.15, 0.2) is 11.6 Å². The molecule has 3 N–H and O–H groups in total. The van der Waals surface area contributed by atoms with Crippen molar-refractivity contribution < 1.29 is 9.47 Å². The minimum Gasteiger partial charge on any atom is -0.490 e. The molecular weight excluding hydrogens is 242 g/mol. The topological polar surface area (TPSA) is 69.4 Å². The van der Waals surface area contributed by atoms with Crippen LogP contribution in [-0.2, 0) is 0 Å². The van der Waals surface area contributed by atoms with Gasteiger partial charge in [-0.1, -0.05) is 12.1 Å². The van der Waals surface area contributed by atoms with Gasteiger partial charge in [-0.25, -0.2) is 10.8 Å². The quantitative estimate of drug-likeness (QED) is 0.472. The summed E-state index contributed by atoms with van der Waals surface area (Å²) in [5, 5.41) is 0. The maximum Gasteiger partial charge on any atom is 0.182 e. The van der Waals surface area contributed by atoms with Crippen LogP contribution in [0.3, 0.4) is 0 Å². The Hall–Kier alpha value is -2.27. The van der Waals surface area contributed by atoms with Crippen molar-refractivity contribution in [2.75, 3.05) is 18.6 Å². The first-order valence-electron chi connectivity index (χ1n) is 6.03. The summed E-state index contributed by atoms with van der Waals surface area (Å²) in [5.41, 5.74) is 3.65. The number of nitrogens with two attached hydrogens (primary N) is 1. The number of nitrogen functional groups attached to an aromatic ring is 1. The number of aryl methyl sites for hydroxylation is 1. The molecule has 1 heterocycles. The van der Waals surface area contributed by atoms with Crippen LogP contribution in [0, 0.1) is 6.92 Å². The molecule has 1 aromatic carbocycles. The summed E-state index contributed by atoms with van der Waals surface area (Å²) in [6, 6.07) is 11.5. The molecule has 5 nitrogen and oxygen atoms in total. The fraction of sp³-hybridized carbons (Fsp3) is 0.214. The molecular formula is C14H17N3O2. The molecule has 0 saturated carbocycles. The van der Waals surface area contributed by atoms with Crippen molar-refractivity contribution >= 4 is 5.82 Å². The van der Waals surface area contributed by atoms with E-state index in [9.17, 15) is 0 Å². The Kier molecular flexibility index (Phi) is 4.58. The van der Waals surface area contributed by atoms with Crippen LogP contribution in [-0.4, -0.2) is 18.2 Å². The Bertz CT molecular complexity index is 532. The Balaban J connectivity index is 1.81. The first kappa shape index (κ1) is 13.2. The second kappa shape index (κ2) is 6.61. The van der Waals surface area contributed by atoms with E-state index in [0.717, 1.165) is 5.75 Å². The molecule has 0 unspecified atom stereocenters. The summed E-state index contributed by atoms with van der Waals surface area (Å²) >= 11 is 0. The van der Waals surface area contributed by atoms with Crippen molar-refractivity contribution in [3.8, 4) is 11.5 Å². The Labute approximate surface area is 112 Å². The Morgan fingerprint density at radius 1 is 1.16 bits per heavy atom. The minimum atomic E-state index is 0.425. The van der Waals surface area contributed by atoms with E-state index < -0.39 is 0 Å². The van der Waals surface area contributed by atoms with Gasteiger partial charge in [0.1, 0.15) is 19.0 Å². The van der Waals surface area contributed by atoms with E-state index in [1.807, 2.05) is 31.2 Å². The zero-order chi connectivity index (χ0) is 13.5. The highest BCUT2D eigenvalue weighted by molar-refractivity contribution is 5.48. The number of rotatable bonds is 6. The summed E-state index contributed by atoms with van der Waals surface area (Å²) < 4.78 is 11.1. The van der Waals surface area contributed by atoms with Gasteiger partial charge in [-0.2, -0.15) is 0 Å². The van der Waals surface area contributed by atoms with E-state index in [4.69, 9.17) is 15.3 Å². The summed E-state index contributed by atoms with van der Waals surface area (Å²) in [6.45, 7) is 2.91. The standard InChI is InChI=1S/C14H17N3O2/c1-11-4-2-5-12(10-11)18-8-9-19-13-6-3-7-16-14(13)17-15/h2-7,10H,8-9,15H2,1H3,(H,16,17). The van der Waals surface area contributed by atoms with E-state index in [1.165, 1.54) is 5.56 Å². The second-order valence-corrected chi connectivity index (χ2v) is 4.01. The summed E-state index contributed by atoms with van der Waals surface area (Å²) in [4.78, 5) is 4.04. The van der Waals surface area contributed by atoms with Gasteiger partial charge in [0.2, 0.25) is 0 Å². The number of nitrogens with one attached hydrogen (secondary N) is 1. The van der Waals surface area contributed by atoms with Gasteiger partial charge >= 0.3 is 0 Å². The van der Waals surface area contributed by atoms with Gasteiger partial charge in [0.25, 0.3) is 0 Å². The predicted octanol–water partition coefficient (Wildman–Crippen LogP) is 2.13. The zero-order valence-electron chi connectivity index (χ0n) is 10.8. The van der Waals surface area contributed by atoms with Gasteiger partial charge in [0, 0.05) is 6.20 Å². The number of hydrogen-bond acceptors (Lipinski definition) is 5. The smallest absolute Gasteiger partial charge is 0.182 e. The lowest BCUT2D eigenvalue weighted by molar-refractivity contribution is 0.217. The molecule has 0 aliphatic carbocycles. The molecule has 2 aromatic rings. The molecule has 0 spiro atoms. The molecule has 0 amide bonds. The molecule has 0 fully saturated rings. The van der Waals surface area contributed by atoms with Gasteiger partial charge in [-0.15, -0.1) is 0 Å². The molecule has 0 atom stereocenters. The Morgan fingerprint density at radius 3 is 2.79 bits per heavy atom. The molecule has 0 aliphatic heterocycles. The monoisotopic (exact) mass is 259 g/mol. The van der Waals surface area contributed by atoms with Crippen LogP contribution in [0.5, 0.6) is 11.5 Å². The van der Waals surface area contributed by atoms with Crippen molar-refractivity contribution in [3.63, 3.8) is 0 Å². The molecule has 100 valence electrons. The van der Waals surface area contributed by atoms with E-state index in [0.29, 0.717) is 24.8 Å². The van der Waals surface area contributed by atoms with Crippen molar-refractivity contribution in [1.82, 2.24) is 4.98 Å². The normalized spacial score (nSPS) is 10.0. The average Bonchev–Trinajstić information content (AvgIpc) is 2.44. The molecule has 1 aromatic heterocycles. The molecule has 0 aliphatic rings. The molecule has 19 heavy (non-hydrogen) atoms. The SMILES string of the molecule is Cc1cccc(OCCOc2cccnc2NN)c1. The third-order valence-electron chi connectivity index (χ3n) is 2.51. The fourth-order valence-electron chi connectivity index (χ4n) is 1.63. The third kappa shape index (κ3) is 3.86. The maximum atomic E-state index is 5.58. The summed E-state index contributed by atoms with van der Waals surface area (Å²) in [7, 11) is 0. The van der Waals surface area contributed by atoms with Crippen molar-refractivity contribution in [3.05, 3.63) is 48.2 Å². The largest absolute Gasteiger partial charge is 0.490 e. The highest BCUT2D eigenvalue weighted by Gasteiger charge is 2.02. The lowest BCUT2D eigenvalue weighted by Gasteiger charge is -2.10. The fourth-order valence-corrected chi connectivity index (χ4v) is 1.63. The van der Waals surface area contributed by atoms with Crippen LogP contribution < -0.4 is 20.7 Å². The average molecular weight is 259 g/mol. The summed E-state index contributed by atoms with van der Waals surface area (Å²) in [5.74, 6) is 7.30. The zero-order valence-corrected chi connectivity index (χ0v) is 10.8. The number of aromatic nitrogens is 1. The lowest BCUT2D eigenvalue weighted by Crippen LogP contribution is -2.13. The van der Waals surface area contributed by atoms with E-state index >= 15 is 0 Å². The third-order valence-corrected chi connectivity index (χ3v) is 2.51. The van der Waals surface area contributed by atoms with E-state index in [2.05, 4.69) is 10.4 Å². The van der Waals surface area contributed by atoms with Crippen molar-refractivity contribution in [1.29, 1.82) is 0 Å². The first-order chi connectivity index (χ1) is 9.29. The molecule has 0 saturated heterocycles. The van der Waals surface area contributed by atoms with Crippen LogP contribution in [0.4, 0.5) is 5.82 Å². The van der Waals surface area contributed by atoms with Crippen LogP contribution in [0.2, 0.25) is 0 Å². The van der Waals surface area contributed by atoms with Crippen LogP contribution in [0.1, 0.15) is 5.56 Å². The summed E-state index contributed by atoms with van der Waals surface area (Å²) in [6.07, 6.45) is 1.64. The van der Waals surface area contributed by atoms with E-state index in [-0.39, 0.29) is 0 Å². The number of nitrogens with zero attached hydrogens (tertiary/aromatic N) is 1. The number of benzene rings is 1. The molecule has 0 radical (unpaired) electrons. The second-order valence-electron chi connectivity index (χ2n) is 4.01. The maximum absolute atomic E-state index is 5.58. The van der Waals surface area contributed by atoms with E-state index in [1.54, 1.807) is 18.3 Å². The van der Waals surface area contributed by atoms with Crippen molar-refractivity contribution in [2.45, 2.75) is 6.92 Å². The predicted molar refractivity (Wildman–Crippen MR) is 74.2 cm³/mol. The van der Waals surface area contributed by atoms with Gasteiger partial charge in [0.05, 0.1) is 0 Å². The number of hydrogen-bond donors (Lipinski definition) is 2. The number of pyridine rings is 1. The molecule has 0 bridgehead atoms. The minimum absolute atomic E-state index is 0.425. The molecule has 5 heteroatoms. The lowest BCUT2D eigenvalue weighted by atomic mass is 10.2. The van der Waals surface area contributed by atoms with Crippen LogP contribution in [0.25, 0.3) is 0 Å². The van der Waals surface area contributed by atoms with Crippen LogP contribution >= 0.6 is 0 Å². The molecule has 2 rings (SSSR count). The first-order valence-corrected chi connectivity index (χ1v) is 6.03. The highest BCUT2D eigenvalue weighted by atomic mass is 16.5. The van der Waals surface area contributed by atoms with Gasteiger partial charge in [-0.3, -0.25) is 0 Å². The Morgan fingerprint density at radius 2 is 2.00 bits per heavy atom. The van der Waals surface area contributed by atoms with Crippen LogP contribution in [0.15, 0.2) is 42.6 Å². The van der Waals surface area contributed by atoms with Gasteiger partial charge < -0.3 is 14.9 Å². The highest BCUT2D eigenvalue weighted by Crippen LogP contribution is 2.19. The van der Waals surface area contributed by atoms with Gasteiger partial charge in [-0.05, 0) is 36.8 Å². The number of ether oxygens (including phenoxy) is 2. The number of hydrazine groups is 1.